The zero-order chi connectivity index (χ0) is 19.0. The summed E-state index contributed by atoms with van der Waals surface area (Å²) in [4.78, 5) is 16.8. The van der Waals surface area contributed by atoms with Gasteiger partial charge in [-0.1, -0.05) is 12.1 Å². The molecule has 2 aromatic carbocycles. The van der Waals surface area contributed by atoms with Gasteiger partial charge >= 0.3 is 0 Å². The number of aromatic nitrogens is 1. The highest BCUT2D eigenvalue weighted by molar-refractivity contribution is 7.93. The second kappa shape index (κ2) is 6.75. The van der Waals surface area contributed by atoms with Crippen molar-refractivity contribution in [1.29, 1.82) is 0 Å². The van der Waals surface area contributed by atoms with Gasteiger partial charge in [-0.25, -0.2) is 13.6 Å². The normalized spacial score (nSPS) is 14.6. The Morgan fingerprint density at radius 3 is 2.81 bits per heavy atom. The average molecular weight is 404 g/mol. The van der Waals surface area contributed by atoms with E-state index in [9.17, 15) is 13.4 Å². The van der Waals surface area contributed by atoms with Crippen LogP contribution in [0.3, 0.4) is 0 Å². The molecule has 0 saturated carbocycles. The maximum atomic E-state index is 13.9. The molecule has 2 heterocycles. The molecular formula is C18H13FN2O4S2. The average Bonchev–Trinajstić information content (AvgIpc) is 3.30. The predicted molar refractivity (Wildman–Crippen MR) is 99.2 cm³/mol. The minimum absolute atomic E-state index is 0.0983. The molecule has 0 radical (unpaired) electrons. The number of carbonyl (C=O) groups excluding carboxylic acids is 1. The van der Waals surface area contributed by atoms with E-state index in [1.165, 1.54) is 30.7 Å². The number of carbonyl (C=O) groups is 1. The van der Waals surface area contributed by atoms with Crippen molar-refractivity contribution >= 4 is 27.0 Å². The van der Waals surface area contributed by atoms with Crippen LogP contribution < -0.4 is 9.47 Å². The van der Waals surface area contributed by atoms with Crippen LogP contribution in [0.15, 0.2) is 57.9 Å². The van der Waals surface area contributed by atoms with Gasteiger partial charge in [-0.3, -0.25) is 4.79 Å². The van der Waals surface area contributed by atoms with Crippen LogP contribution in [0.5, 0.6) is 11.5 Å². The number of benzene rings is 2. The molecule has 0 aliphatic carbocycles. The number of hydrogen-bond donors (Lipinski definition) is 0. The molecule has 3 aromatic rings. The number of amides is 1. The number of nitrogens with zero attached hydrogens (tertiary/aromatic N) is 2. The van der Waals surface area contributed by atoms with Crippen LogP contribution in [0.4, 0.5) is 4.39 Å². The third-order valence-electron chi connectivity index (χ3n) is 3.84. The monoisotopic (exact) mass is 404 g/mol. The van der Waals surface area contributed by atoms with E-state index in [0.717, 1.165) is 16.9 Å². The van der Waals surface area contributed by atoms with Gasteiger partial charge in [0.25, 0.3) is 5.91 Å². The zero-order valence-corrected chi connectivity index (χ0v) is 15.7. The summed E-state index contributed by atoms with van der Waals surface area (Å²) in [7, 11) is -3.21. The van der Waals surface area contributed by atoms with Crippen molar-refractivity contribution in [3.63, 3.8) is 0 Å². The Hall–Kier alpha value is -2.78. The summed E-state index contributed by atoms with van der Waals surface area (Å²) in [6.45, 7) is 0.167. The van der Waals surface area contributed by atoms with E-state index in [1.807, 2.05) is 0 Å². The van der Waals surface area contributed by atoms with Gasteiger partial charge in [0, 0.05) is 11.8 Å². The molecule has 138 valence electrons. The number of fused-ring (bicyclic) bond motifs is 1. The van der Waals surface area contributed by atoms with Crippen LogP contribution >= 0.6 is 11.3 Å². The number of halogens is 1. The van der Waals surface area contributed by atoms with Crippen LogP contribution in [-0.4, -0.2) is 28.1 Å². The van der Waals surface area contributed by atoms with E-state index in [0.29, 0.717) is 16.5 Å². The van der Waals surface area contributed by atoms with Crippen molar-refractivity contribution in [3.8, 4) is 22.1 Å². The van der Waals surface area contributed by atoms with Gasteiger partial charge in [-0.05, 0) is 30.3 Å². The van der Waals surface area contributed by atoms with Crippen molar-refractivity contribution in [2.24, 2.45) is 4.36 Å². The summed E-state index contributed by atoms with van der Waals surface area (Å²) in [6.07, 6.45) is 2.61. The van der Waals surface area contributed by atoms with Crippen molar-refractivity contribution in [1.82, 2.24) is 4.98 Å². The molecule has 1 unspecified atom stereocenters. The Morgan fingerprint density at radius 1 is 1.22 bits per heavy atom. The summed E-state index contributed by atoms with van der Waals surface area (Å²) in [5, 5.41) is 0.584. The van der Waals surface area contributed by atoms with Crippen LogP contribution in [0.2, 0.25) is 0 Å². The molecule has 1 aliphatic heterocycles. The smallest absolute Gasteiger partial charge is 0.297 e. The van der Waals surface area contributed by atoms with Gasteiger partial charge < -0.3 is 9.47 Å². The second-order valence-electron chi connectivity index (χ2n) is 5.73. The first-order valence-corrected chi connectivity index (χ1v) is 10.5. The third kappa shape index (κ3) is 3.43. The number of ether oxygens (including phenoxy) is 2. The van der Waals surface area contributed by atoms with E-state index < -0.39 is 21.5 Å². The number of hydrogen-bond acceptors (Lipinski definition) is 6. The maximum Gasteiger partial charge on any atom is 0.297 e. The van der Waals surface area contributed by atoms with E-state index >= 15 is 0 Å². The standard InChI is InChI=1S/C18H13FN2O4S2/c1-27(23,16-5-3-2-4-12(16)19)21-17(22)15-9-20-18(26-15)11-6-7-13-14(8-11)25-10-24-13/h2-9H,10H2,1H3. The molecule has 1 amide bonds. The quantitative estimate of drug-likeness (QED) is 0.660. The summed E-state index contributed by atoms with van der Waals surface area (Å²) in [5.74, 6) is -0.101. The number of thiazole rings is 1. The van der Waals surface area contributed by atoms with Crippen LogP contribution in [-0.2, 0) is 9.73 Å². The first kappa shape index (κ1) is 17.6. The molecular weight excluding hydrogens is 391 g/mol. The fourth-order valence-corrected chi connectivity index (χ4v) is 4.67. The zero-order valence-electron chi connectivity index (χ0n) is 14.0. The molecule has 0 fully saturated rings. The summed E-state index contributed by atoms with van der Waals surface area (Å²) >= 11 is 1.11. The Kier molecular flexibility index (Phi) is 4.40. The fourth-order valence-electron chi connectivity index (χ4n) is 2.54. The molecule has 0 spiro atoms. The lowest BCUT2D eigenvalue weighted by Gasteiger charge is -2.04. The highest BCUT2D eigenvalue weighted by Gasteiger charge is 2.19. The SMILES string of the molecule is CS(=O)(=NC(=O)c1cnc(-c2ccc3c(c2)OCO3)s1)c1ccccc1F. The van der Waals surface area contributed by atoms with Gasteiger partial charge in [-0.15, -0.1) is 11.3 Å². The molecule has 27 heavy (non-hydrogen) atoms. The van der Waals surface area contributed by atoms with E-state index in [4.69, 9.17) is 9.47 Å². The fraction of sp³-hybridized carbons (Fsp3) is 0.111. The Labute approximate surface area is 158 Å². The van der Waals surface area contributed by atoms with Crippen molar-refractivity contribution in [2.75, 3.05) is 13.0 Å². The molecule has 0 bridgehead atoms. The lowest BCUT2D eigenvalue weighted by Crippen LogP contribution is -2.04. The van der Waals surface area contributed by atoms with E-state index in [2.05, 4.69) is 9.35 Å². The van der Waals surface area contributed by atoms with Crippen LogP contribution in [0.25, 0.3) is 10.6 Å². The largest absolute Gasteiger partial charge is 0.454 e. The second-order valence-corrected chi connectivity index (χ2v) is 8.99. The van der Waals surface area contributed by atoms with Crippen molar-refractivity contribution in [3.05, 3.63) is 59.4 Å². The summed E-state index contributed by atoms with van der Waals surface area (Å²) < 4.78 is 41.0. The van der Waals surface area contributed by atoms with E-state index in [1.54, 1.807) is 24.3 Å². The molecule has 1 atom stereocenters. The Morgan fingerprint density at radius 2 is 2.00 bits per heavy atom. The summed E-state index contributed by atoms with van der Waals surface area (Å²) in [6, 6.07) is 10.9. The molecule has 1 aliphatic rings. The molecule has 4 rings (SSSR count). The molecule has 6 nitrogen and oxygen atoms in total. The van der Waals surface area contributed by atoms with Crippen LogP contribution in [0, 0.1) is 5.82 Å². The highest BCUT2D eigenvalue weighted by atomic mass is 32.2. The number of rotatable bonds is 3. The minimum atomic E-state index is -3.21. The van der Waals surface area contributed by atoms with Crippen LogP contribution in [0.1, 0.15) is 9.67 Å². The van der Waals surface area contributed by atoms with E-state index in [-0.39, 0.29) is 16.6 Å². The lowest BCUT2D eigenvalue weighted by molar-refractivity contribution is 0.101. The topological polar surface area (TPSA) is 77.9 Å². The third-order valence-corrected chi connectivity index (χ3v) is 6.53. The summed E-state index contributed by atoms with van der Waals surface area (Å²) in [5.41, 5.74) is 0.759. The minimum Gasteiger partial charge on any atom is -0.454 e. The Bertz CT molecular complexity index is 1170. The van der Waals surface area contributed by atoms with Gasteiger partial charge in [0.1, 0.15) is 15.7 Å². The first-order valence-electron chi connectivity index (χ1n) is 7.81. The lowest BCUT2D eigenvalue weighted by atomic mass is 10.2. The van der Waals surface area contributed by atoms with Gasteiger partial charge in [0.05, 0.1) is 20.8 Å². The first-order chi connectivity index (χ1) is 12.9. The van der Waals surface area contributed by atoms with Crippen molar-refractivity contribution < 1.29 is 22.9 Å². The van der Waals surface area contributed by atoms with Crippen molar-refractivity contribution in [2.45, 2.75) is 4.90 Å². The van der Waals surface area contributed by atoms with Gasteiger partial charge in [0.2, 0.25) is 6.79 Å². The molecule has 0 saturated heterocycles. The Balaban J connectivity index is 1.64. The predicted octanol–water partition coefficient (Wildman–Crippen LogP) is 3.98. The highest BCUT2D eigenvalue weighted by Crippen LogP contribution is 2.37. The molecule has 1 aromatic heterocycles. The molecule has 0 N–H and O–H groups in total. The molecule has 9 heteroatoms. The van der Waals surface area contributed by atoms with Gasteiger partial charge in [-0.2, -0.15) is 4.36 Å². The van der Waals surface area contributed by atoms with Gasteiger partial charge in [0.15, 0.2) is 11.5 Å². The maximum absolute atomic E-state index is 13.9.